The van der Waals surface area contributed by atoms with Crippen LogP contribution in [0, 0.1) is 12.8 Å². The molecule has 1 unspecified atom stereocenters. The highest BCUT2D eigenvalue weighted by molar-refractivity contribution is 7.15. The van der Waals surface area contributed by atoms with Crippen LogP contribution in [0.1, 0.15) is 59.2 Å². The van der Waals surface area contributed by atoms with Gasteiger partial charge in [-0.05, 0) is 72.9 Å². The first-order valence-corrected chi connectivity index (χ1v) is 12.7. The van der Waals surface area contributed by atoms with E-state index in [1.165, 1.54) is 28.4 Å². The molecule has 1 atom stereocenters. The molecule has 0 fully saturated rings. The molecule has 0 aliphatic carbocycles. The number of benzene rings is 2. The molecule has 37 heavy (non-hydrogen) atoms. The molecule has 1 amide bonds. The number of rotatable bonds is 10. The minimum atomic E-state index is -4.38. The number of amides is 1. The fourth-order valence-electron chi connectivity index (χ4n) is 3.84. The van der Waals surface area contributed by atoms with Crippen molar-refractivity contribution in [3.63, 3.8) is 0 Å². The largest absolute Gasteiger partial charge is 0.485 e. The Morgan fingerprint density at radius 3 is 2.22 bits per heavy atom. The summed E-state index contributed by atoms with van der Waals surface area (Å²) in [5.74, 6) is -0.337. The molecule has 2 aromatic carbocycles. The summed E-state index contributed by atoms with van der Waals surface area (Å²) in [6.07, 6.45) is -4.05. The van der Waals surface area contributed by atoms with Crippen molar-refractivity contribution in [1.82, 2.24) is 4.90 Å². The number of carboxylic acids is 1. The first-order valence-electron chi connectivity index (χ1n) is 11.9. The number of thiophene rings is 1. The summed E-state index contributed by atoms with van der Waals surface area (Å²) in [4.78, 5) is 26.5. The summed E-state index contributed by atoms with van der Waals surface area (Å²) in [5.41, 5.74) is 1.46. The number of hydrogen-bond acceptors (Lipinski definition) is 4. The fourth-order valence-corrected chi connectivity index (χ4v) is 5.07. The molecule has 1 heterocycles. The van der Waals surface area contributed by atoms with Crippen molar-refractivity contribution in [1.29, 1.82) is 0 Å². The zero-order chi connectivity index (χ0) is 27.3. The molecule has 0 aliphatic heterocycles. The average Bonchev–Trinajstić information content (AvgIpc) is 3.23. The molecular weight excluding hydrogens is 503 g/mol. The third kappa shape index (κ3) is 7.58. The third-order valence-electron chi connectivity index (χ3n) is 5.82. The van der Waals surface area contributed by atoms with Crippen molar-refractivity contribution in [2.75, 3.05) is 13.6 Å². The molecule has 5 nitrogen and oxygen atoms in total. The van der Waals surface area contributed by atoms with Gasteiger partial charge in [-0.1, -0.05) is 26.0 Å². The first kappa shape index (κ1) is 28.2. The van der Waals surface area contributed by atoms with E-state index >= 15 is 0 Å². The number of ether oxygens (including phenoxy) is 1. The van der Waals surface area contributed by atoms with Gasteiger partial charge in [0.2, 0.25) is 0 Å². The van der Waals surface area contributed by atoms with Gasteiger partial charge in [0.25, 0.3) is 5.91 Å². The molecular formula is C28H30F3NO4S. The van der Waals surface area contributed by atoms with Crippen LogP contribution in [0.3, 0.4) is 0 Å². The van der Waals surface area contributed by atoms with Gasteiger partial charge in [0.05, 0.1) is 12.0 Å². The van der Waals surface area contributed by atoms with E-state index in [2.05, 4.69) is 13.8 Å². The number of halogens is 3. The zero-order valence-electron chi connectivity index (χ0n) is 21.1. The standard InChI is InChI=1S/C28H30F3NO4S/c1-17(2)15-23(36-22-11-7-20(8-12-22)27(35)32(4)14-13-25(33)34)26-18(3)16-24(37-26)19-5-9-21(10-6-19)28(29,30)31/h5-12,16-17,23H,13-15H2,1-4H3,(H,33,34). The van der Waals surface area contributed by atoms with Crippen LogP contribution < -0.4 is 4.74 Å². The first-order chi connectivity index (χ1) is 17.3. The van der Waals surface area contributed by atoms with Gasteiger partial charge in [-0.25, -0.2) is 0 Å². The average molecular weight is 534 g/mol. The van der Waals surface area contributed by atoms with Crippen molar-refractivity contribution < 1.29 is 32.6 Å². The number of carbonyl (C=O) groups excluding carboxylic acids is 1. The Morgan fingerprint density at radius 2 is 1.68 bits per heavy atom. The van der Waals surface area contributed by atoms with E-state index in [-0.39, 0.29) is 25.0 Å². The molecule has 0 radical (unpaired) electrons. The Kier molecular flexibility index (Phi) is 9.02. The van der Waals surface area contributed by atoms with Gasteiger partial charge in [0.15, 0.2) is 0 Å². The Bertz CT molecular complexity index is 1220. The molecule has 0 saturated carbocycles. The van der Waals surface area contributed by atoms with Crippen molar-refractivity contribution in [3.8, 4) is 16.2 Å². The lowest BCUT2D eigenvalue weighted by atomic mass is 10.0. The summed E-state index contributed by atoms with van der Waals surface area (Å²) >= 11 is 1.50. The van der Waals surface area contributed by atoms with Crippen LogP contribution >= 0.6 is 11.3 Å². The minimum Gasteiger partial charge on any atom is -0.485 e. The van der Waals surface area contributed by atoms with Crippen LogP contribution in [0.15, 0.2) is 54.6 Å². The van der Waals surface area contributed by atoms with E-state index in [4.69, 9.17) is 9.84 Å². The number of aryl methyl sites for hydroxylation is 1. The Morgan fingerprint density at radius 1 is 1.05 bits per heavy atom. The summed E-state index contributed by atoms with van der Waals surface area (Å²) in [7, 11) is 1.56. The predicted octanol–water partition coefficient (Wildman–Crippen LogP) is 7.46. The summed E-state index contributed by atoms with van der Waals surface area (Å²) in [6.45, 7) is 6.25. The van der Waals surface area contributed by atoms with Crippen LogP contribution in [-0.2, 0) is 11.0 Å². The zero-order valence-corrected chi connectivity index (χ0v) is 21.9. The maximum Gasteiger partial charge on any atom is 0.416 e. The van der Waals surface area contributed by atoms with Crippen molar-refractivity contribution in [3.05, 3.63) is 76.2 Å². The quantitative estimate of drug-likeness (QED) is 0.294. The second kappa shape index (κ2) is 11.8. The Labute approximate surface area is 218 Å². The number of nitrogens with zero attached hydrogens (tertiary/aromatic N) is 1. The molecule has 198 valence electrons. The van der Waals surface area contributed by atoms with Gasteiger partial charge < -0.3 is 14.7 Å². The van der Waals surface area contributed by atoms with Gasteiger partial charge in [-0.2, -0.15) is 13.2 Å². The van der Waals surface area contributed by atoms with Crippen LogP contribution in [0.25, 0.3) is 10.4 Å². The number of hydrogen-bond donors (Lipinski definition) is 1. The second-order valence-electron chi connectivity index (χ2n) is 9.36. The molecule has 1 N–H and O–H groups in total. The number of alkyl halides is 3. The van der Waals surface area contributed by atoms with E-state index in [1.807, 2.05) is 13.0 Å². The molecule has 9 heteroatoms. The Hall–Kier alpha value is -3.33. The van der Waals surface area contributed by atoms with Crippen molar-refractivity contribution in [2.45, 2.75) is 45.9 Å². The van der Waals surface area contributed by atoms with E-state index in [1.54, 1.807) is 31.3 Å². The number of aliphatic carboxylic acids is 1. The number of carbonyl (C=O) groups is 2. The van der Waals surface area contributed by atoms with Crippen molar-refractivity contribution in [2.24, 2.45) is 5.92 Å². The van der Waals surface area contributed by atoms with Gasteiger partial charge >= 0.3 is 12.1 Å². The lowest BCUT2D eigenvalue weighted by Gasteiger charge is -2.21. The molecule has 1 aromatic heterocycles. The summed E-state index contributed by atoms with van der Waals surface area (Å²) < 4.78 is 45.2. The SMILES string of the molecule is Cc1cc(-c2ccc(C(F)(F)F)cc2)sc1C(CC(C)C)Oc1ccc(C(=O)N(C)CCC(=O)O)cc1. The van der Waals surface area contributed by atoms with Gasteiger partial charge in [-0.15, -0.1) is 11.3 Å². The molecule has 0 saturated heterocycles. The molecule has 0 aliphatic rings. The van der Waals surface area contributed by atoms with Gasteiger partial charge in [0, 0.05) is 28.9 Å². The lowest BCUT2D eigenvalue weighted by Crippen LogP contribution is -2.28. The van der Waals surface area contributed by atoms with E-state index in [0.717, 1.165) is 33.9 Å². The summed E-state index contributed by atoms with van der Waals surface area (Å²) in [6, 6.07) is 13.8. The molecule has 0 spiro atoms. The summed E-state index contributed by atoms with van der Waals surface area (Å²) in [5, 5.41) is 8.82. The fraction of sp³-hybridized carbons (Fsp3) is 0.357. The van der Waals surface area contributed by atoms with Crippen LogP contribution in [-0.4, -0.2) is 35.5 Å². The van der Waals surface area contributed by atoms with Crippen LogP contribution in [0.4, 0.5) is 13.2 Å². The monoisotopic (exact) mass is 533 g/mol. The lowest BCUT2D eigenvalue weighted by molar-refractivity contribution is -0.138. The Balaban J connectivity index is 1.79. The minimum absolute atomic E-state index is 0.113. The topological polar surface area (TPSA) is 66.8 Å². The third-order valence-corrected chi connectivity index (χ3v) is 7.20. The van der Waals surface area contributed by atoms with E-state index in [0.29, 0.717) is 22.8 Å². The van der Waals surface area contributed by atoms with E-state index < -0.39 is 17.7 Å². The van der Waals surface area contributed by atoms with Crippen molar-refractivity contribution >= 4 is 23.2 Å². The van der Waals surface area contributed by atoms with Crippen LogP contribution in [0.5, 0.6) is 5.75 Å². The maximum atomic E-state index is 12.9. The molecule has 0 bridgehead atoms. The predicted molar refractivity (Wildman–Crippen MR) is 138 cm³/mol. The maximum absolute atomic E-state index is 12.9. The molecule has 3 aromatic rings. The van der Waals surface area contributed by atoms with Gasteiger partial charge in [0.1, 0.15) is 11.9 Å². The molecule has 3 rings (SSSR count). The second-order valence-corrected chi connectivity index (χ2v) is 10.4. The highest BCUT2D eigenvalue weighted by Gasteiger charge is 2.30. The van der Waals surface area contributed by atoms with Crippen LogP contribution in [0.2, 0.25) is 0 Å². The van der Waals surface area contributed by atoms with E-state index in [9.17, 15) is 22.8 Å². The smallest absolute Gasteiger partial charge is 0.416 e. The number of carboxylic acid groups (broad SMARTS) is 1. The highest BCUT2D eigenvalue weighted by atomic mass is 32.1. The normalized spacial score (nSPS) is 12.4. The van der Waals surface area contributed by atoms with Gasteiger partial charge in [-0.3, -0.25) is 9.59 Å². The highest BCUT2D eigenvalue weighted by Crippen LogP contribution is 2.40.